The zero-order chi connectivity index (χ0) is 25.1. The van der Waals surface area contributed by atoms with Crippen molar-refractivity contribution < 1.29 is 4.74 Å². The van der Waals surface area contributed by atoms with Crippen LogP contribution in [0.2, 0.25) is 0 Å². The lowest BCUT2D eigenvalue weighted by molar-refractivity contribution is -0.00544. The van der Waals surface area contributed by atoms with E-state index >= 15 is 0 Å². The summed E-state index contributed by atoms with van der Waals surface area (Å²) in [6.07, 6.45) is 5.22. The van der Waals surface area contributed by atoms with Crippen LogP contribution in [0.1, 0.15) is 13.8 Å². The number of fused-ring (bicyclic) bond motifs is 2. The minimum absolute atomic E-state index is 0.129. The highest BCUT2D eigenvalue weighted by Gasteiger charge is 2.24. The number of hydrogen-bond donors (Lipinski definition) is 3. The van der Waals surface area contributed by atoms with E-state index < -0.39 is 0 Å². The van der Waals surface area contributed by atoms with Gasteiger partial charge >= 0.3 is 0 Å². The van der Waals surface area contributed by atoms with E-state index in [0.29, 0.717) is 30.1 Å². The smallest absolute Gasteiger partial charge is 0.261 e. The molecule has 36 heavy (non-hydrogen) atoms. The molecule has 0 bridgehead atoms. The fraction of sp³-hybridized carbons (Fsp3) is 0.320. The summed E-state index contributed by atoms with van der Waals surface area (Å²) in [4.78, 5) is 39.2. The van der Waals surface area contributed by atoms with Crippen molar-refractivity contribution in [2.24, 2.45) is 9.98 Å². The van der Waals surface area contributed by atoms with Gasteiger partial charge < -0.3 is 24.9 Å². The van der Waals surface area contributed by atoms with E-state index in [0.717, 1.165) is 40.3 Å². The van der Waals surface area contributed by atoms with E-state index in [4.69, 9.17) is 14.7 Å². The summed E-state index contributed by atoms with van der Waals surface area (Å²) >= 11 is 1.56. The third-order valence-electron chi connectivity index (χ3n) is 5.85. The Morgan fingerprint density at radius 1 is 1.22 bits per heavy atom. The van der Waals surface area contributed by atoms with Gasteiger partial charge in [0.05, 0.1) is 40.2 Å². The average molecular weight is 505 g/mol. The summed E-state index contributed by atoms with van der Waals surface area (Å²) in [7, 11) is 0. The number of nitrogens with zero attached hydrogens (tertiary/aromatic N) is 5. The third kappa shape index (κ3) is 4.93. The van der Waals surface area contributed by atoms with Gasteiger partial charge in [-0.05, 0) is 50.2 Å². The quantitative estimate of drug-likeness (QED) is 0.247. The number of imidazole rings is 1. The van der Waals surface area contributed by atoms with E-state index in [2.05, 4.69) is 50.7 Å². The molecule has 0 spiro atoms. The Labute approximate surface area is 211 Å². The normalized spacial score (nSPS) is 18.7. The van der Waals surface area contributed by atoms with Crippen LogP contribution in [-0.2, 0) is 4.74 Å². The first-order valence-corrected chi connectivity index (χ1v) is 12.7. The number of aliphatic imine (C=N–C) groups is 2. The second-order valence-electron chi connectivity index (χ2n) is 8.66. The SMILES string of the molecule is C=N/C=C\C=NCCNc1c(-c2nc3nc(N4C[C@@H](C)O[C@@H](C)C4)ccc3[nH]2)c(=O)[nH]c2ccsc12. The number of nitrogens with one attached hydrogen (secondary N) is 3. The second kappa shape index (κ2) is 10.4. The maximum atomic E-state index is 13.2. The largest absolute Gasteiger partial charge is 0.381 e. The van der Waals surface area contributed by atoms with Gasteiger partial charge in [0.2, 0.25) is 0 Å². The molecule has 0 radical (unpaired) electrons. The summed E-state index contributed by atoms with van der Waals surface area (Å²) in [6.45, 7) is 10.1. The van der Waals surface area contributed by atoms with Crippen LogP contribution in [0.15, 0.2) is 50.6 Å². The van der Waals surface area contributed by atoms with Crippen molar-refractivity contribution >= 4 is 57.2 Å². The number of rotatable bonds is 8. The molecule has 0 amide bonds. The lowest BCUT2D eigenvalue weighted by Crippen LogP contribution is -2.45. The minimum Gasteiger partial charge on any atom is -0.381 e. The molecule has 10 nitrogen and oxygen atoms in total. The van der Waals surface area contributed by atoms with Crippen LogP contribution in [0.3, 0.4) is 0 Å². The minimum atomic E-state index is -0.220. The highest BCUT2D eigenvalue weighted by Crippen LogP contribution is 2.34. The molecule has 0 aromatic carbocycles. The van der Waals surface area contributed by atoms with E-state index in [9.17, 15) is 4.79 Å². The number of thiophene rings is 1. The van der Waals surface area contributed by atoms with Crippen LogP contribution in [0, 0.1) is 0 Å². The van der Waals surface area contributed by atoms with Crippen molar-refractivity contribution in [3.8, 4) is 11.4 Å². The van der Waals surface area contributed by atoms with Gasteiger partial charge in [0.25, 0.3) is 5.56 Å². The Kier molecular flexibility index (Phi) is 6.92. The van der Waals surface area contributed by atoms with Crippen molar-refractivity contribution in [3.63, 3.8) is 0 Å². The van der Waals surface area contributed by atoms with Crippen LogP contribution in [0.5, 0.6) is 0 Å². The molecule has 5 rings (SSSR count). The van der Waals surface area contributed by atoms with E-state index in [-0.39, 0.29) is 17.8 Å². The summed E-state index contributed by atoms with van der Waals surface area (Å²) in [5, 5.41) is 5.36. The fourth-order valence-electron chi connectivity index (χ4n) is 4.43. The lowest BCUT2D eigenvalue weighted by Gasteiger charge is -2.36. The number of hydrogen-bond acceptors (Lipinski definition) is 9. The van der Waals surface area contributed by atoms with Crippen LogP contribution in [-0.4, -0.2) is 71.3 Å². The average Bonchev–Trinajstić information content (AvgIpc) is 3.48. The molecule has 4 aromatic rings. The zero-order valence-electron chi connectivity index (χ0n) is 20.2. The molecule has 5 heterocycles. The first kappa shape index (κ1) is 23.9. The summed E-state index contributed by atoms with van der Waals surface area (Å²) in [5.74, 6) is 1.32. The van der Waals surface area contributed by atoms with Crippen LogP contribution >= 0.6 is 11.3 Å². The number of H-pyrrole nitrogens is 2. The Balaban J connectivity index is 1.47. The van der Waals surface area contributed by atoms with Gasteiger partial charge in [0.15, 0.2) is 5.65 Å². The van der Waals surface area contributed by atoms with Gasteiger partial charge in [-0.15, -0.1) is 11.3 Å². The standard InChI is InChI=1S/C25H28N8O2S/c1-15-13-33(14-16(2)35-15)19-6-5-18-23(31-19)32-24(29-18)20-21(28-11-10-27-9-4-8-26-3)22-17(7-12-36-22)30-25(20)34/h4-9,12,15-16H,3,10-11,13-14H2,1-2H3,(H2,28,30,34)(H,29,31,32)/b8-4-,27-9?/t15-,16+. The number of aromatic nitrogens is 4. The van der Waals surface area contributed by atoms with E-state index in [1.54, 1.807) is 29.8 Å². The molecule has 1 aliphatic heterocycles. The number of aromatic amines is 2. The first-order chi connectivity index (χ1) is 17.5. The van der Waals surface area contributed by atoms with Crippen molar-refractivity contribution in [2.45, 2.75) is 26.1 Å². The molecule has 1 aliphatic rings. The van der Waals surface area contributed by atoms with Gasteiger partial charge in [-0.3, -0.25) is 14.8 Å². The molecule has 3 N–H and O–H groups in total. The zero-order valence-corrected chi connectivity index (χ0v) is 21.0. The molecule has 0 aliphatic carbocycles. The molecule has 11 heteroatoms. The molecule has 186 valence electrons. The molecular formula is C25H28N8O2S. The summed E-state index contributed by atoms with van der Waals surface area (Å²) in [5.41, 5.74) is 3.09. The predicted octanol–water partition coefficient (Wildman–Crippen LogP) is 3.84. The van der Waals surface area contributed by atoms with Gasteiger partial charge in [-0.25, -0.2) is 9.97 Å². The Morgan fingerprint density at radius 2 is 2.06 bits per heavy atom. The number of ether oxygens (including phenoxy) is 1. The van der Waals surface area contributed by atoms with E-state index in [1.165, 1.54) is 0 Å². The molecule has 2 atom stereocenters. The van der Waals surface area contributed by atoms with Gasteiger partial charge in [0.1, 0.15) is 17.2 Å². The molecule has 1 saturated heterocycles. The fourth-order valence-corrected chi connectivity index (χ4v) is 5.31. The Hall–Kier alpha value is -3.83. The predicted molar refractivity (Wildman–Crippen MR) is 148 cm³/mol. The Bertz CT molecular complexity index is 1490. The van der Waals surface area contributed by atoms with Gasteiger partial charge in [-0.1, -0.05) is 0 Å². The van der Waals surface area contributed by atoms with Crippen LogP contribution in [0.4, 0.5) is 11.5 Å². The number of allylic oxidation sites excluding steroid dienone is 1. The van der Waals surface area contributed by atoms with E-state index in [1.807, 2.05) is 23.6 Å². The summed E-state index contributed by atoms with van der Waals surface area (Å²) < 4.78 is 6.81. The first-order valence-electron chi connectivity index (χ1n) is 11.8. The lowest BCUT2D eigenvalue weighted by atomic mass is 10.2. The highest BCUT2D eigenvalue weighted by molar-refractivity contribution is 7.17. The topological polar surface area (TPSA) is 124 Å². The van der Waals surface area contributed by atoms with Gasteiger partial charge in [0, 0.05) is 32.0 Å². The summed E-state index contributed by atoms with van der Waals surface area (Å²) in [6, 6.07) is 5.85. The maximum Gasteiger partial charge on any atom is 0.261 e. The number of anilines is 2. The molecule has 0 saturated carbocycles. The molecular weight excluding hydrogens is 476 g/mol. The van der Waals surface area contributed by atoms with Crippen molar-refractivity contribution in [1.82, 2.24) is 19.9 Å². The van der Waals surface area contributed by atoms with Crippen LogP contribution in [0.25, 0.3) is 32.8 Å². The molecule has 1 fully saturated rings. The van der Waals surface area contributed by atoms with Crippen molar-refractivity contribution in [1.29, 1.82) is 0 Å². The monoisotopic (exact) mass is 504 g/mol. The Morgan fingerprint density at radius 3 is 2.86 bits per heavy atom. The molecule has 0 unspecified atom stereocenters. The third-order valence-corrected chi connectivity index (χ3v) is 6.79. The molecule has 4 aromatic heterocycles. The van der Waals surface area contributed by atoms with Crippen molar-refractivity contribution in [2.75, 3.05) is 36.4 Å². The van der Waals surface area contributed by atoms with Gasteiger partial charge in [-0.2, -0.15) is 0 Å². The highest BCUT2D eigenvalue weighted by atomic mass is 32.1. The second-order valence-corrected chi connectivity index (χ2v) is 9.58. The number of morpholine rings is 1. The van der Waals surface area contributed by atoms with Crippen LogP contribution < -0.4 is 15.8 Å². The van der Waals surface area contributed by atoms with Crippen molar-refractivity contribution in [3.05, 3.63) is 46.2 Å². The maximum absolute atomic E-state index is 13.2. The number of pyridine rings is 2.